The molecule has 0 spiro atoms. The molecular formula is C7H13N3. The van der Waals surface area contributed by atoms with Crippen LogP contribution in [0, 0.1) is 0 Å². The van der Waals surface area contributed by atoms with Gasteiger partial charge >= 0.3 is 0 Å². The fourth-order valence-corrected chi connectivity index (χ4v) is 0.297. The summed E-state index contributed by atoms with van der Waals surface area (Å²) in [5.41, 5.74) is 2.50. The van der Waals surface area contributed by atoms with E-state index in [-0.39, 0.29) is 5.54 Å². The summed E-state index contributed by atoms with van der Waals surface area (Å²) in [7, 11) is 0. The van der Waals surface area contributed by atoms with Crippen LogP contribution in [0.15, 0.2) is 16.7 Å². The van der Waals surface area contributed by atoms with Gasteiger partial charge in [0.2, 0.25) is 0 Å². The lowest BCUT2D eigenvalue weighted by molar-refractivity contribution is 0.583. The summed E-state index contributed by atoms with van der Waals surface area (Å²) in [6.07, 6.45) is 1.53. The van der Waals surface area contributed by atoms with Crippen LogP contribution in [0.1, 0.15) is 20.8 Å². The van der Waals surface area contributed by atoms with Gasteiger partial charge in [-0.1, -0.05) is 0 Å². The number of hydrogen-bond donors (Lipinski definition) is 1. The van der Waals surface area contributed by atoms with Crippen LogP contribution >= 0.6 is 0 Å². The molecule has 0 amide bonds. The standard InChI is InChI=1S/C7H13N3/c1-5-9-10-6-8-7(2,3)4/h6H,1H2,2-4H3,(H,8,10). The summed E-state index contributed by atoms with van der Waals surface area (Å²) in [5.74, 6) is 2.33. The Hall–Kier alpha value is -1.08. The highest BCUT2D eigenvalue weighted by Crippen LogP contribution is 2.03. The van der Waals surface area contributed by atoms with E-state index < -0.39 is 0 Å². The van der Waals surface area contributed by atoms with Crippen LogP contribution < -0.4 is 5.43 Å². The summed E-state index contributed by atoms with van der Waals surface area (Å²) >= 11 is 0. The molecule has 56 valence electrons. The predicted octanol–water partition coefficient (Wildman–Crippen LogP) is 1.17. The SMILES string of the molecule is C=C=NNC=NC(C)(C)C. The molecule has 0 saturated heterocycles. The average Bonchev–Trinajstić information content (AvgIpc) is 1.78. The van der Waals surface area contributed by atoms with Crippen LogP contribution in [-0.2, 0) is 0 Å². The van der Waals surface area contributed by atoms with Crippen molar-refractivity contribution >= 4 is 12.2 Å². The van der Waals surface area contributed by atoms with Gasteiger partial charge in [-0.05, 0) is 27.4 Å². The number of rotatable bonds is 2. The molecule has 0 aromatic rings. The van der Waals surface area contributed by atoms with Gasteiger partial charge in [-0.25, -0.2) is 0 Å². The quantitative estimate of drug-likeness (QED) is 0.348. The summed E-state index contributed by atoms with van der Waals surface area (Å²) in [4.78, 5) is 4.10. The zero-order valence-electron chi connectivity index (χ0n) is 6.68. The van der Waals surface area contributed by atoms with E-state index in [1.54, 1.807) is 0 Å². The molecule has 0 unspecified atom stereocenters. The first-order chi connectivity index (χ1) is 4.56. The molecule has 1 N–H and O–H groups in total. The minimum atomic E-state index is -0.0519. The molecule has 0 saturated carbocycles. The summed E-state index contributed by atoms with van der Waals surface area (Å²) < 4.78 is 0. The third-order valence-corrected chi connectivity index (χ3v) is 0.653. The fourth-order valence-electron chi connectivity index (χ4n) is 0.297. The minimum Gasteiger partial charge on any atom is -0.268 e. The Bertz CT molecular complexity index is 158. The predicted molar refractivity (Wildman–Crippen MR) is 44.4 cm³/mol. The van der Waals surface area contributed by atoms with E-state index in [4.69, 9.17) is 0 Å². The smallest absolute Gasteiger partial charge is 0.104 e. The van der Waals surface area contributed by atoms with Gasteiger partial charge in [0.05, 0.1) is 5.54 Å². The molecule has 0 aliphatic heterocycles. The maximum Gasteiger partial charge on any atom is 0.104 e. The maximum absolute atomic E-state index is 4.10. The van der Waals surface area contributed by atoms with E-state index in [1.165, 1.54) is 6.34 Å². The number of nitrogens with one attached hydrogen (secondary N) is 1. The van der Waals surface area contributed by atoms with Crippen LogP contribution in [0.3, 0.4) is 0 Å². The molecule has 0 aromatic carbocycles. The second-order valence-corrected chi connectivity index (χ2v) is 2.83. The molecule has 0 bridgehead atoms. The van der Waals surface area contributed by atoms with Gasteiger partial charge in [-0.15, -0.1) is 5.10 Å². The monoisotopic (exact) mass is 139 g/mol. The fraction of sp³-hybridized carbons (Fsp3) is 0.571. The molecule has 10 heavy (non-hydrogen) atoms. The molecule has 0 fully saturated rings. The minimum absolute atomic E-state index is 0.0519. The van der Waals surface area contributed by atoms with Gasteiger partial charge in [-0.2, -0.15) is 0 Å². The maximum atomic E-state index is 4.10. The van der Waals surface area contributed by atoms with Crippen molar-refractivity contribution in [2.75, 3.05) is 0 Å². The number of hydrazone groups is 1. The first kappa shape index (κ1) is 8.92. The van der Waals surface area contributed by atoms with Gasteiger partial charge in [0.15, 0.2) is 0 Å². The number of aliphatic imine (C=N–C) groups is 1. The van der Waals surface area contributed by atoms with E-state index in [2.05, 4.69) is 28.0 Å². The number of nitrogens with zero attached hydrogens (tertiary/aromatic N) is 2. The van der Waals surface area contributed by atoms with Gasteiger partial charge < -0.3 is 0 Å². The largest absolute Gasteiger partial charge is 0.268 e. The first-order valence-electron chi connectivity index (χ1n) is 3.07. The Morgan fingerprint density at radius 1 is 1.50 bits per heavy atom. The van der Waals surface area contributed by atoms with E-state index >= 15 is 0 Å². The Morgan fingerprint density at radius 3 is 2.50 bits per heavy atom. The molecule has 0 aliphatic rings. The van der Waals surface area contributed by atoms with Crippen molar-refractivity contribution in [3.8, 4) is 0 Å². The van der Waals surface area contributed by atoms with Crippen molar-refractivity contribution in [1.29, 1.82) is 0 Å². The Morgan fingerprint density at radius 2 is 2.10 bits per heavy atom. The molecule has 0 heterocycles. The molecule has 3 nitrogen and oxygen atoms in total. The lowest BCUT2D eigenvalue weighted by Gasteiger charge is -2.09. The summed E-state index contributed by atoms with van der Waals surface area (Å²) in [6, 6.07) is 0. The van der Waals surface area contributed by atoms with E-state index in [9.17, 15) is 0 Å². The van der Waals surface area contributed by atoms with Crippen LogP contribution in [0.5, 0.6) is 0 Å². The molecule has 0 aromatic heterocycles. The normalized spacial score (nSPS) is 11.1. The molecule has 0 radical (unpaired) electrons. The van der Waals surface area contributed by atoms with Crippen molar-refractivity contribution in [3.63, 3.8) is 0 Å². The third kappa shape index (κ3) is 6.92. The zero-order chi connectivity index (χ0) is 8.04. The van der Waals surface area contributed by atoms with Crippen molar-refractivity contribution < 1.29 is 0 Å². The van der Waals surface area contributed by atoms with Gasteiger partial charge in [0.25, 0.3) is 0 Å². The summed E-state index contributed by atoms with van der Waals surface area (Å²) in [5, 5.41) is 3.51. The molecule has 0 atom stereocenters. The lowest BCUT2D eigenvalue weighted by Crippen LogP contribution is -2.13. The van der Waals surface area contributed by atoms with Crippen molar-refractivity contribution in [3.05, 3.63) is 6.58 Å². The van der Waals surface area contributed by atoms with Crippen LogP contribution in [-0.4, -0.2) is 17.7 Å². The topological polar surface area (TPSA) is 36.8 Å². The Balaban J connectivity index is 3.67. The molecule has 3 heteroatoms. The van der Waals surface area contributed by atoms with Crippen LogP contribution in [0.4, 0.5) is 0 Å². The summed E-state index contributed by atoms with van der Waals surface area (Å²) in [6.45, 7) is 9.29. The highest BCUT2D eigenvalue weighted by atomic mass is 15.3. The number of hydrogen-bond acceptors (Lipinski definition) is 2. The lowest BCUT2D eigenvalue weighted by atomic mass is 10.1. The third-order valence-electron chi connectivity index (χ3n) is 0.653. The highest BCUT2D eigenvalue weighted by Gasteiger charge is 2.03. The van der Waals surface area contributed by atoms with E-state index in [0.717, 1.165) is 0 Å². The van der Waals surface area contributed by atoms with E-state index in [1.807, 2.05) is 20.8 Å². The van der Waals surface area contributed by atoms with Crippen molar-refractivity contribution in [1.82, 2.24) is 5.43 Å². The highest BCUT2D eigenvalue weighted by molar-refractivity contribution is 5.57. The molecular weight excluding hydrogens is 126 g/mol. The second-order valence-electron chi connectivity index (χ2n) is 2.83. The Kier molecular flexibility index (Phi) is 3.44. The zero-order valence-corrected chi connectivity index (χ0v) is 6.68. The van der Waals surface area contributed by atoms with Crippen molar-refractivity contribution in [2.45, 2.75) is 26.3 Å². The van der Waals surface area contributed by atoms with Crippen LogP contribution in [0.25, 0.3) is 0 Å². The van der Waals surface area contributed by atoms with Gasteiger partial charge in [-0.3, -0.25) is 10.4 Å². The van der Waals surface area contributed by atoms with Crippen LogP contribution in [0.2, 0.25) is 0 Å². The van der Waals surface area contributed by atoms with Gasteiger partial charge in [0, 0.05) is 5.87 Å². The van der Waals surface area contributed by atoms with Crippen molar-refractivity contribution in [2.24, 2.45) is 10.1 Å². The first-order valence-corrected chi connectivity index (χ1v) is 3.07. The van der Waals surface area contributed by atoms with Gasteiger partial charge in [0.1, 0.15) is 6.34 Å². The molecule has 0 rings (SSSR count). The Labute approximate surface area is 61.5 Å². The second kappa shape index (κ2) is 3.85. The van der Waals surface area contributed by atoms with E-state index in [0.29, 0.717) is 0 Å². The average molecular weight is 139 g/mol. The molecule has 0 aliphatic carbocycles.